The van der Waals surface area contributed by atoms with Crippen molar-refractivity contribution in [3.63, 3.8) is 0 Å². The number of para-hydroxylation sites is 1. The molecular weight excluding hydrogens is 266 g/mol. The third kappa shape index (κ3) is 1.75. The van der Waals surface area contributed by atoms with Crippen LogP contribution < -0.4 is 10.2 Å². The number of benzene rings is 1. The van der Waals surface area contributed by atoms with Gasteiger partial charge in [0.15, 0.2) is 0 Å². The molecule has 6 nitrogen and oxygen atoms in total. The van der Waals surface area contributed by atoms with Crippen LogP contribution >= 0.6 is 0 Å². The van der Waals surface area contributed by atoms with E-state index in [2.05, 4.69) is 16.7 Å². The molecule has 0 unspecified atom stereocenters. The van der Waals surface area contributed by atoms with Crippen LogP contribution in [0.1, 0.15) is 5.56 Å². The molecule has 0 atom stereocenters. The highest BCUT2D eigenvalue weighted by Crippen LogP contribution is 2.35. The second-order valence-electron chi connectivity index (χ2n) is 4.36. The van der Waals surface area contributed by atoms with Crippen LogP contribution in [-0.2, 0) is 0 Å². The molecule has 6 heteroatoms. The molecular formula is C15H9N5O. The number of carbonyl (C=O) groups excluding carboxylic acids is 1. The van der Waals surface area contributed by atoms with Crippen LogP contribution in [0.5, 0.6) is 0 Å². The summed E-state index contributed by atoms with van der Waals surface area (Å²) in [4.78, 5) is 17.3. The van der Waals surface area contributed by atoms with Crippen LogP contribution in [0.2, 0.25) is 0 Å². The quantitative estimate of drug-likeness (QED) is 0.812. The van der Waals surface area contributed by atoms with E-state index in [-0.39, 0.29) is 23.1 Å². The van der Waals surface area contributed by atoms with Crippen molar-refractivity contribution in [1.29, 1.82) is 5.26 Å². The van der Waals surface area contributed by atoms with Gasteiger partial charge in [0.2, 0.25) is 5.69 Å². The van der Waals surface area contributed by atoms with E-state index in [9.17, 15) is 4.79 Å². The number of amides is 1. The number of fused-ring (bicyclic) bond motifs is 1. The van der Waals surface area contributed by atoms with Gasteiger partial charge in [0.05, 0.1) is 18.3 Å². The molecule has 0 fully saturated rings. The first-order chi connectivity index (χ1) is 10.2. The van der Waals surface area contributed by atoms with Crippen LogP contribution in [-0.4, -0.2) is 10.6 Å². The topological polar surface area (TPSA) is 65.4 Å². The third-order valence-corrected chi connectivity index (χ3v) is 3.16. The standard InChI is InChI=1S/C15H9N5O/c1-10-18-14-12(8-16)13(17-2)9-19(14)15(21)20(10)11-6-4-3-5-7-11/h3-7,9,18H,1H2. The monoisotopic (exact) mass is 275 g/mol. The van der Waals surface area contributed by atoms with Gasteiger partial charge in [0, 0.05) is 6.20 Å². The van der Waals surface area contributed by atoms with E-state index in [1.807, 2.05) is 24.3 Å². The molecule has 1 aromatic carbocycles. The van der Waals surface area contributed by atoms with E-state index < -0.39 is 0 Å². The number of carbonyl (C=O) groups is 1. The van der Waals surface area contributed by atoms with Gasteiger partial charge in [-0.3, -0.25) is 4.57 Å². The van der Waals surface area contributed by atoms with Gasteiger partial charge in [-0.15, -0.1) is 0 Å². The largest absolute Gasteiger partial charge is 0.338 e. The van der Waals surface area contributed by atoms with Crippen LogP contribution in [0.4, 0.5) is 22.0 Å². The molecule has 2 heterocycles. The number of anilines is 2. The normalized spacial score (nSPS) is 13.1. The van der Waals surface area contributed by atoms with Gasteiger partial charge in [0.1, 0.15) is 17.2 Å². The number of nitrogens with one attached hydrogen (secondary N) is 1. The number of hydrogen-bond donors (Lipinski definition) is 1. The molecule has 3 rings (SSSR count). The molecule has 0 aliphatic carbocycles. The zero-order chi connectivity index (χ0) is 15.0. The van der Waals surface area contributed by atoms with Crippen molar-refractivity contribution in [2.24, 2.45) is 0 Å². The Bertz CT molecular complexity index is 835. The molecule has 0 radical (unpaired) electrons. The second kappa shape index (κ2) is 4.55. The van der Waals surface area contributed by atoms with E-state index in [0.29, 0.717) is 11.5 Å². The fourth-order valence-electron chi connectivity index (χ4n) is 2.22. The average molecular weight is 275 g/mol. The molecule has 1 aliphatic heterocycles. The summed E-state index contributed by atoms with van der Waals surface area (Å²) >= 11 is 0. The molecule has 0 saturated carbocycles. The maximum Gasteiger partial charge on any atom is 0.338 e. The summed E-state index contributed by atoms with van der Waals surface area (Å²) in [6.45, 7) is 10.9. The maximum absolute atomic E-state index is 12.6. The summed E-state index contributed by atoms with van der Waals surface area (Å²) in [6.07, 6.45) is 1.36. The Morgan fingerprint density at radius 2 is 2.05 bits per heavy atom. The van der Waals surface area contributed by atoms with Gasteiger partial charge < -0.3 is 5.32 Å². The van der Waals surface area contributed by atoms with E-state index >= 15 is 0 Å². The molecule has 0 bridgehead atoms. The number of hydrogen-bond acceptors (Lipinski definition) is 3. The minimum absolute atomic E-state index is 0.135. The predicted molar refractivity (Wildman–Crippen MR) is 77.9 cm³/mol. The van der Waals surface area contributed by atoms with E-state index in [4.69, 9.17) is 11.8 Å². The van der Waals surface area contributed by atoms with Crippen LogP contribution in [0.15, 0.2) is 48.9 Å². The lowest BCUT2D eigenvalue weighted by molar-refractivity contribution is 0.249. The fourth-order valence-corrected chi connectivity index (χ4v) is 2.22. The Hall–Kier alpha value is -3.51. The molecule has 1 aliphatic rings. The minimum Gasteiger partial charge on any atom is -0.327 e. The Morgan fingerprint density at radius 1 is 1.33 bits per heavy atom. The average Bonchev–Trinajstić information content (AvgIpc) is 2.86. The molecule has 1 amide bonds. The van der Waals surface area contributed by atoms with Gasteiger partial charge in [-0.2, -0.15) is 5.26 Å². The highest BCUT2D eigenvalue weighted by molar-refractivity contribution is 6.03. The number of nitriles is 1. The Kier molecular flexibility index (Phi) is 2.71. The summed E-state index contributed by atoms with van der Waals surface area (Å²) in [7, 11) is 0. The molecule has 100 valence electrons. The lowest BCUT2D eigenvalue weighted by Crippen LogP contribution is -2.41. The van der Waals surface area contributed by atoms with Gasteiger partial charge in [-0.1, -0.05) is 24.8 Å². The van der Waals surface area contributed by atoms with Crippen molar-refractivity contribution < 1.29 is 4.79 Å². The summed E-state index contributed by atoms with van der Waals surface area (Å²) < 4.78 is 1.26. The minimum atomic E-state index is -0.383. The van der Waals surface area contributed by atoms with E-state index in [0.717, 1.165) is 0 Å². The fraction of sp³-hybridized carbons (Fsp3) is 0. The Balaban J connectivity index is 2.16. The predicted octanol–water partition coefficient (Wildman–Crippen LogP) is 3.28. The Labute approximate surface area is 121 Å². The van der Waals surface area contributed by atoms with Gasteiger partial charge in [0.25, 0.3) is 0 Å². The van der Waals surface area contributed by atoms with E-state index in [1.165, 1.54) is 15.7 Å². The smallest absolute Gasteiger partial charge is 0.327 e. The first-order valence-electron chi connectivity index (χ1n) is 6.05. The van der Waals surface area contributed by atoms with Crippen LogP contribution in [0, 0.1) is 17.9 Å². The van der Waals surface area contributed by atoms with Gasteiger partial charge in [-0.05, 0) is 12.1 Å². The highest BCUT2D eigenvalue weighted by atomic mass is 16.2. The Morgan fingerprint density at radius 3 is 2.67 bits per heavy atom. The third-order valence-electron chi connectivity index (χ3n) is 3.16. The first-order valence-corrected chi connectivity index (χ1v) is 6.05. The van der Waals surface area contributed by atoms with Crippen LogP contribution in [0.3, 0.4) is 0 Å². The first kappa shape index (κ1) is 12.5. The van der Waals surface area contributed by atoms with Crippen molar-refractivity contribution in [1.82, 2.24) is 4.57 Å². The van der Waals surface area contributed by atoms with Crippen LogP contribution in [0.25, 0.3) is 4.85 Å². The lowest BCUT2D eigenvalue weighted by Gasteiger charge is -2.31. The summed E-state index contributed by atoms with van der Waals surface area (Å²) in [5.74, 6) is 0.621. The second-order valence-corrected chi connectivity index (χ2v) is 4.36. The van der Waals surface area contributed by atoms with E-state index in [1.54, 1.807) is 12.1 Å². The van der Waals surface area contributed by atoms with Crippen molar-refractivity contribution in [3.8, 4) is 6.07 Å². The molecule has 1 aromatic heterocycles. The highest BCUT2D eigenvalue weighted by Gasteiger charge is 2.31. The van der Waals surface area contributed by atoms with Crippen molar-refractivity contribution in [2.45, 2.75) is 0 Å². The number of aromatic nitrogens is 1. The molecule has 0 spiro atoms. The SMILES string of the molecule is [C-]#[N+]c1cn2c(c1C#N)NC(=C)N(c1ccccc1)C2=O. The number of rotatable bonds is 1. The lowest BCUT2D eigenvalue weighted by atomic mass is 10.2. The van der Waals surface area contributed by atoms with Crippen molar-refractivity contribution >= 4 is 23.2 Å². The summed E-state index contributed by atoms with van der Waals surface area (Å²) in [5.41, 5.74) is 0.936. The van der Waals surface area contributed by atoms with Gasteiger partial charge in [-0.25, -0.2) is 14.5 Å². The van der Waals surface area contributed by atoms with Gasteiger partial charge >= 0.3 is 6.03 Å². The zero-order valence-electron chi connectivity index (χ0n) is 10.9. The van der Waals surface area contributed by atoms with Crippen molar-refractivity contribution in [2.75, 3.05) is 10.2 Å². The zero-order valence-corrected chi connectivity index (χ0v) is 10.9. The summed E-state index contributed by atoms with van der Waals surface area (Å²) in [6, 6.07) is 10.6. The molecule has 0 saturated heterocycles. The molecule has 2 aromatic rings. The molecule has 1 N–H and O–H groups in total. The summed E-state index contributed by atoms with van der Waals surface area (Å²) in [5, 5.41) is 12.1. The molecule has 21 heavy (non-hydrogen) atoms. The number of nitrogens with zero attached hydrogens (tertiary/aromatic N) is 4. The maximum atomic E-state index is 12.6. The van der Waals surface area contributed by atoms with Crippen molar-refractivity contribution in [3.05, 3.63) is 65.9 Å².